The fourth-order valence-electron chi connectivity index (χ4n) is 2.65. The minimum absolute atomic E-state index is 0.0613. The molecule has 0 aromatic carbocycles. The SMILES string of the molecule is CCCC1(C(=O)N2CCNC(C)C2)CC1. The number of amides is 1. The molecule has 2 aliphatic rings. The van der Waals surface area contributed by atoms with Crippen LogP contribution in [-0.2, 0) is 4.79 Å². The second-order valence-electron chi connectivity index (χ2n) is 5.14. The Morgan fingerprint density at radius 2 is 2.27 bits per heavy atom. The number of rotatable bonds is 3. The van der Waals surface area contributed by atoms with E-state index in [1.807, 2.05) is 0 Å². The minimum Gasteiger partial charge on any atom is -0.339 e. The lowest BCUT2D eigenvalue weighted by molar-refractivity contribution is -0.138. The van der Waals surface area contributed by atoms with Crippen LogP contribution in [0, 0.1) is 5.41 Å². The average molecular weight is 210 g/mol. The van der Waals surface area contributed by atoms with Crippen molar-refractivity contribution in [1.82, 2.24) is 10.2 Å². The number of piperazine rings is 1. The first-order valence-corrected chi connectivity index (χ1v) is 6.21. The van der Waals surface area contributed by atoms with Gasteiger partial charge in [0.05, 0.1) is 0 Å². The van der Waals surface area contributed by atoms with Crippen LogP contribution in [-0.4, -0.2) is 36.5 Å². The molecule has 0 bridgehead atoms. The van der Waals surface area contributed by atoms with Crippen molar-refractivity contribution in [2.75, 3.05) is 19.6 Å². The highest BCUT2D eigenvalue weighted by Gasteiger charge is 2.50. The van der Waals surface area contributed by atoms with Gasteiger partial charge in [-0.15, -0.1) is 0 Å². The van der Waals surface area contributed by atoms with E-state index in [9.17, 15) is 4.79 Å². The molecule has 15 heavy (non-hydrogen) atoms. The lowest BCUT2D eigenvalue weighted by Crippen LogP contribution is -2.53. The molecule has 0 aromatic rings. The minimum atomic E-state index is 0.0613. The molecule has 1 atom stereocenters. The van der Waals surface area contributed by atoms with E-state index in [1.54, 1.807) is 0 Å². The summed E-state index contributed by atoms with van der Waals surface area (Å²) in [6, 6.07) is 0.458. The van der Waals surface area contributed by atoms with Gasteiger partial charge in [-0.2, -0.15) is 0 Å². The molecule has 1 aliphatic carbocycles. The summed E-state index contributed by atoms with van der Waals surface area (Å²) in [5.41, 5.74) is 0.0613. The first-order valence-electron chi connectivity index (χ1n) is 6.21. The standard InChI is InChI=1S/C12H22N2O/c1-3-4-12(5-6-12)11(15)14-8-7-13-10(2)9-14/h10,13H,3-9H2,1-2H3. The quantitative estimate of drug-likeness (QED) is 0.763. The molecule has 2 rings (SSSR count). The van der Waals surface area contributed by atoms with E-state index in [4.69, 9.17) is 0 Å². The summed E-state index contributed by atoms with van der Waals surface area (Å²) in [4.78, 5) is 14.4. The van der Waals surface area contributed by atoms with Crippen molar-refractivity contribution in [2.45, 2.75) is 45.6 Å². The summed E-state index contributed by atoms with van der Waals surface area (Å²) >= 11 is 0. The van der Waals surface area contributed by atoms with Crippen LogP contribution in [0.3, 0.4) is 0 Å². The van der Waals surface area contributed by atoms with E-state index in [1.165, 1.54) is 0 Å². The second kappa shape index (κ2) is 4.12. The van der Waals surface area contributed by atoms with E-state index in [2.05, 4.69) is 24.1 Å². The fourth-order valence-corrected chi connectivity index (χ4v) is 2.65. The Kier molecular flexibility index (Phi) is 3.01. The van der Waals surface area contributed by atoms with E-state index in [0.717, 1.165) is 45.3 Å². The Morgan fingerprint density at radius 1 is 1.53 bits per heavy atom. The number of hydrogen-bond donors (Lipinski definition) is 1. The highest BCUT2D eigenvalue weighted by Crippen LogP contribution is 2.51. The smallest absolute Gasteiger partial charge is 0.228 e. The van der Waals surface area contributed by atoms with Gasteiger partial charge >= 0.3 is 0 Å². The van der Waals surface area contributed by atoms with Crippen LogP contribution in [0.25, 0.3) is 0 Å². The molecule has 3 heteroatoms. The monoisotopic (exact) mass is 210 g/mol. The van der Waals surface area contributed by atoms with Gasteiger partial charge in [-0.25, -0.2) is 0 Å². The fraction of sp³-hybridized carbons (Fsp3) is 0.917. The van der Waals surface area contributed by atoms with Gasteiger partial charge in [-0.1, -0.05) is 13.3 Å². The number of carbonyl (C=O) groups is 1. The van der Waals surface area contributed by atoms with Crippen LogP contribution in [0.2, 0.25) is 0 Å². The largest absolute Gasteiger partial charge is 0.339 e. The third-order valence-corrected chi connectivity index (χ3v) is 3.69. The van der Waals surface area contributed by atoms with Crippen molar-refractivity contribution in [1.29, 1.82) is 0 Å². The van der Waals surface area contributed by atoms with Crippen LogP contribution in [0.1, 0.15) is 39.5 Å². The summed E-state index contributed by atoms with van der Waals surface area (Å²) < 4.78 is 0. The van der Waals surface area contributed by atoms with Crippen molar-refractivity contribution < 1.29 is 4.79 Å². The molecular formula is C12H22N2O. The van der Waals surface area contributed by atoms with Gasteiger partial charge in [0.15, 0.2) is 0 Å². The van der Waals surface area contributed by atoms with E-state index in [0.29, 0.717) is 11.9 Å². The third kappa shape index (κ3) is 2.17. The number of nitrogens with zero attached hydrogens (tertiary/aromatic N) is 1. The van der Waals surface area contributed by atoms with Crippen LogP contribution in [0.15, 0.2) is 0 Å². The van der Waals surface area contributed by atoms with Gasteiger partial charge < -0.3 is 10.2 Å². The predicted molar refractivity (Wildman–Crippen MR) is 60.6 cm³/mol. The van der Waals surface area contributed by atoms with Gasteiger partial charge in [-0.05, 0) is 26.2 Å². The predicted octanol–water partition coefficient (Wildman–Crippen LogP) is 1.39. The lowest BCUT2D eigenvalue weighted by Gasteiger charge is -2.34. The molecule has 0 radical (unpaired) electrons. The molecular weight excluding hydrogens is 188 g/mol. The normalized spacial score (nSPS) is 28.9. The highest BCUT2D eigenvalue weighted by atomic mass is 16.2. The summed E-state index contributed by atoms with van der Waals surface area (Å²) in [5.74, 6) is 0.428. The molecule has 1 saturated carbocycles. The summed E-state index contributed by atoms with van der Waals surface area (Å²) in [6.45, 7) is 7.07. The molecule has 3 nitrogen and oxygen atoms in total. The zero-order valence-electron chi connectivity index (χ0n) is 9.88. The molecule has 0 aromatic heterocycles. The van der Waals surface area contributed by atoms with Gasteiger partial charge in [0.2, 0.25) is 5.91 Å². The number of carbonyl (C=O) groups excluding carboxylic acids is 1. The molecule has 1 aliphatic heterocycles. The van der Waals surface area contributed by atoms with Crippen molar-refractivity contribution >= 4 is 5.91 Å². The Bertz CT molecular complexity index is 248. The summed E-state index contributed by atoms with van der Waals surface area (Å²) in [7, 11) is 0. The Labute approximate surface area is 92.2 Å². The number of nitrogens with one attached hydrogen (secondary N) is 1. The van der Waals surface area contributed by atoms with E-state index < -0.39 is 0 Å². The maximum absolute atomic E-state index is 12.3. The summed E-state index contributed by atoms with van der Waals surface area (Å²) in [6.07, 6.45) is 4.47. The molecule has 0 spiro atoms. The Hall–Kier alpha value is -0.570. The van der Waals surface area contributed by atoms with Gasteiger partial charge in [0.25, 0.3) is 0 Å². The maximum Gasteiger partial charge on any atom is 0.228 e. The van der Waals surface area contributed by atoms with Gasteiger partial charge in [0, 0.05) is 31.1 Å². The topological polar surface area (TPSA) is 32.3 Å². The molecule has 1 heterocycles. The molecule has 86 valence electrons. The van der Waals surface area contributed by atoms with Crippen molar-refractivity contribution in [3.05, 3.63) is 0 Å². The Balaban J connectivity index is 1.95. The maximum atomic E-state index is 12.3. The first-order chi connectivity index (χ1) is 7.18. The van der Waals surface area contributed by atoms with Crippen LogP contribution < -0.4 is 5.32 Å². The van der Waals surface area contributed by atoms with Crippen molar-refractivity contribution in [3.63, 3.8) is 0 Å². The van der Waals surface area contributed by atoms with E-state index in [-0.39, 0.29) is 5.41 Å². The Morgan fingerprint density at radius 3 is 2.80 bits per heavy atom. The van der Waals surface area contributed by atoms with Gasteiger partial charge in [-0.3, -0.25) is 4.79 Å². The molecule has 2 fully saturated rings. The molecule has 1 saturated heterocycles. The van der Waals surface area contributed by atoms with Crippen LogP contribution >= 0.6 is 0 Å². The lowest BCUT2D eigenvalue weighted by atomic mass is 9.98. The zero-order chi connectivity index (χ0) is 10.9. The molecule has 1 unspecified atom stereocenters. The van der Waals surface area contributed by atoms with Gasteiger partial charge in [0.1, 0.15) is 0 Å². The summed E-state index contributed by atoms with van der Waals surface area (Å²) in [5, 5.41) is 3.38. The second-order valence-corrected chi connectivity index (χ2v) is 5.14. The molecule has 1 amide bonds. The average Bonchev–Trinajstić information content (AvgIpc) is 2.98. The van der Waals surface area contributed by atoms with Crippen molar-refractivity contribution in [3.8, 4) is 0 Å². The van der Waals surface area contributed by atoms with E-state index >= 15 is 0 Å². The first kappa shape index (κ1) is 10.9. The van der Waals surface area contributed by atoms with Crippen molar-refractivity contribution in [2.24, 2.45) is 5.41 Å². The van der Waals surface area contributed by atoms with Crippen LogP contribution in [0.4, 0.5) is 0 Å². The van der Waals surface area contributed by atoms with Crippen LogP contribution in [0.5, 0.6) is 0 Å². The third-order valence-electron chi connectivity index (χ3n) is 3.69. The number of hydrogen-bond acceptors (Lipinski definition) is 2. The zero-order valence-corrected chi connectivity index (χ0v) is 9.88. The highest BCUT2D eigenvalue weighted by molar-refractivity contribution is 5.85. The molecule has 1 N–H and O–H groups in total.